The number of amides is 3. The average molecular weight is 639 g/mol. The van der Waals surface area contributed by atoms with Crippen LogP contribution in [0.1, 0.15) is 64.2 Å². The number of nitrogens with zero attached hydrogens (tertiary/aromatic N) is 2. The molecule has 43 heavy (non-hydrogen) atoms. The maximum absolute atomic E-state index is 14.2. The van der Waals surface area contributed by atoms with E-state index in [1.807, 2.05) is 27.7 Å². The summed E-state index contributed by atoms with van der Waals surface area (Å²) >= 11 is 1.10. The van der Waals surface area contributed by atoms with Gasteiger partial charge in [-0.15, -0.1) is 11.3 Å². The molecule has 2 heterocycles. The number of hydrogen-bond acceptors (Lipinski definition) is 8. The van der Waals surface area contributed by atoms with Gasteiger partial charge in [0.1, 0.15) is 9.96 Å². The van der Waals surface area contributed by atoms with E-state index in [-0.39, 0.29) is 58.8 Å². The maximum Gasteiger partial charge on any atom is 0.317 e. The summed E-state index contributed by atoms with van der Waals surface area (Å²) in [6, 6.07) is 7.07. The Morgan fingerprint density at radius 3 is 2.60 bits per heavy atom. The number of urea groups is 1. The first-order chi connectivity index (χ1) is 20.3. The van der Waals surface area contributed by atoms with Gasteiger partial charge in [0.25, 0.3) is 15.9 Å². The second kappa shape index (κ2) is 15.7. The Labute approximate surface area is 259 Å². The van der Waals surface area contributed by atoms with Crippen molar-refractivity contribution in [2.75, 3.05) is 38.1 Å². The van der Waals surface area contributed by atoms with Crippen LogP contribution in [0.15, 0.2) is 39.9 Å². The Hall–Kier alpha value is -2.87. The number of anilines is 1. The van der Waals surface area contributed by atoms with Crippen molar-refractivity contribution in [3.8, 4) is 5.75 Å². The third-order valence-corrected chi connectivity index (χ3v) is 10.1. The van der Waals surface area contributed by atoms with E-state index in [1.54, 1.807) is 47.4 Å². The van der Waals surface area contributed by atoms with E-state index in [2.05, 4.69) is 10.0 Å². The number of benzene rings is 1. The van der Waals surface area contributed by atoms with E-state index in [0.29, 0.717) is 18.9 Å². The number of aliphatic hydroxyl groups excluding tert-OH is 1. The van der Waals surface area contributed by atoms with Gasteiger partial charge in [-0.05, 0) is 76.6 Å². The number of thiophene rings is 1. The van der Waals surface area contributed by atoms with E-state index < -0.39 is 22.0 Å². The first kappa shape index (κ1) is 34.6. The molecule has 4 atom stereocenters. The summed E-state index contributed by atoms with van der Waals surface area (Å²) in [4.78, 5) is 30.0. The molecule has 0 radical (unpaired) electrons. The van der Waals surface area contributed by atoms with Crippen LogP contribution in [0.2, 0.25) is 0 Å². The molecule has 1 aliphatic rings. The van der Waals surface area contributed by atoms with Gasteiger partial charge in [0.2, 0.25) is 0 Å². The Morgan fingerprint density at radius 2 is 1.95 bits per heavy atom. The van der Waals surface area contributed by atoms with Gasteiger partial charge in [0.15, 0.2) is 0 Å². The molecule has 3 amide bonds. The Morgan fingerprint density at radius 1 is 1.21 bits per heavy atom. The molecule has 13 heteroatoms. The fourth-order valence-electron chi connectivity index (χ4n) is 4.78. The number of hydrogen-bond donors (Lipinski definition) is 3. The lowest BCUT2D eigenvalue weighted by atomic mass is 10.0. The van der Waals surface area contributed by atoms with Crippen LogP contribution in [0.3, 0.4) is 0 Å². The fraction of sp³-hybridized carbons (Fsp3) is 0.600. The number of nitrogens with one attached hydrogen (secondary N) is 2. The van der Waals surface area contributed by atoms with Crippen LogP contribution in [0.5, 0.6) is 5.75 Å². The zero-order valence-corrected chi connectivity index (χ0v) is 27.5. The van der Waals surface area contributed by atoms with Crippen molar-refractivity contribution in [1.82, 2.24) is 15.1 Å². The Balaban J connectivity index is 1.97. The molecule has 0 fully saturated rings. The molecule has 0 saturated carbocycles. The summed E-state index contributed by atoms with van der Waals surface area (Å²) in [5.74, 6) is -0.275. The monoisotopic (exact) mass is 638 g/mol. The van der Waals surface area contributed by atoms with Crippen molar-refractivity contribution >= 4 is 39.0 Å². The quantitative estimate of drug-likeness (QED) is 0.390. The molecule has 240 valence electrons. The molecule has 0 spiro atoms. The van der Waals surface area contributed by atoms with Gasteiger partial charge in [-0.2, -0.15) is 0 Å². The highest BCUT2D eigenvalue weighted by Crippen LogP contribution is 2.30. The molecule has 1 aliphatic heterocycles. The van der Waals surface area contributed by atoms with E-state index >= 15 is 0 Å². The summed E-state index contributed by atoms with van der Waals surface area (Å²) < 4.78 is 41.1. The highest BCUT2D eigenvalue weighted by Gasteiger charge is 2.31. The lowest BCUT2D eigenvalue weighted by Crippen LogP contribution is -2.49. The molecule has 0 aliphatic carbocycles. The van der Waals surface area contributed by atoms with Crippen LogP contribution in [0, 0.1) is 5.92 Å². The number of carbonyl (C=O) groups is 2. The standard InChI is InChI=1S/C30H46N4O7S2/c1-20(2)31-30(37)33(6)18-27-21(3)17-34(22(4)19-35)29(36)25-16-24(32-43(38,39)28-11-9-15-42-28)12-13-26(25)41-23(5)10-7-8-14-40-27/h9,11-13,15-16,20-23,27,32,35H,7-8,10,14,17-19H2,1-6H3,(H,31,37)/t21-,22-,23-,27-/m0/s1. The van der Waals surface area contributed by atoms with Crippen molar-refractivity contribution in [2.45, 2.75) is 82.4 Å². The summed E-state index contributed by atoms with van der Waals surface area (Å²) in [5.41, 5.74) is 0.412. The number of fused-ring (bicyclic) bond motifs is 1. The van der Waals surface area contributed by atoms with Crippen LogP contribution in [0.25, 0.3) is 0 Å². The highest BCUT2D eigenvalue weighted by atomic mass is 32.2. The molecule has 1 aromatic carbocycles. The fourth-order valence-corrected chi connectivity index (χ4v) is 6.82. The summed E-state index contributed by atoms with van der Waals surface area (Å²) in [6.45, 7) is 10.2. The third kappa shape index (κ3) is 9.82. The van der Waals surface area contributed by atoms with E-state index in [9.17, 15) is 23.1 Å². The third-order valence-electron chi connectivity index (χ3n) is 7.28. The molecule has 3 rings (SSSR count). The summed E-state index contributed by atoms with van der Waals surface area (Å²) in [6.07, 6.45) is 1.76. The second-order valence-corrected chi connectivity index (χ2v) is 14.4. The predicted octanol–water partition coefficient (Wildman–Crippen LogP) is 4.39. The van der Waals surface area contributed by atoms with Gasteiger partial charge in [0.05, 0.1) is 30.4 Å². The zero-order chi connectivity index (χ0) is 31.7. The van der Waals surface area contributed by atoms with Crippen molar-refractivity contribution in [3.63, 3.8) is 0 Å². The second-order valence-electron chi connectivity index (χ2n) is 11.5. The molecule has 0 unspecified atom stereocenters. The van der Waals surface area contributed by atoms with Gasteiger partial charge in [-0.3, -0.25) is 9.52 Å². The van der Waals surface area contributed by atoms with Crippen molar-refractivity contribution in [3.05, 3.63) is 41.3 Å². The first-order valence-corrected chi connectivity index (χ1v) is 17.1. The number of rotatable bonds is 8. The molecule has 0 bridgehead atoms. The molecule has 1 aromatic heterocycles. The lowest BCUT2D eigenvalue weighted by molar-refractivity contribution is -0.0122. The number of ether oxygens (including phenoxy) is 2. The normalized spacial score (nSPS) is 21.3. The van der Waals surface area contributed by atoms with E-state index in [1.165, 1.54) is 12.1 Å². The molecular weight excluding hydrogens is 592 g/mol. The van der Waals surface area contributed by atoms with Crippen LogP contribution < -0.4 is 14.8 Å². The Kier molecular flexibility index (Phi) is 12.7. The highest BCUT2D eigenvalue weighted by molar-refractivity contribution is 7.94. The van der Waals surface area contributed by atoms with Gasteiger partial charge < -0.3 is 29.7 Å². The van der Waals surface area contributed by atoms with Crippen LogP contribution in [-0.2, 0) is 14.8 Å². The molecule has 3 N–H and O–H groups in total. The van der Waals surface area contributed by atoms with Gasteiger partial charge in [-0.25, -0.2) is 13.2 Å². The van der Waals surface area contributed by atoms with Gasteiger partial charge in [0, 0.05) is 44.4 Å². The van der Waals surface area contributed by atoms with Crippen molar-refractivity contribution < 1.29 is 32.6 Å². The minimum absolute atomic E-state index is 0.0141. The minimum atomic E-state index is -3.84. The molecule has 0 saturated heterocycles. The largest absolute Gasteiger partial charge is 0.490 e. The maximum atomic E-state index is 14.2. The first-order valence-electron chi connectivity index (χ1n) is 14.7. The van der Waals surface area contributed by atoms with E-state index in [4.69, 9.17) is 9.47 Å². The average Bonchev–Trinajstić information content (AvgIpc) is 3.50. The number of aliphatic hydroxyl groups is 1. The zero-order valence-electron chi connectivity index (χ0n) is 25.9. The molecular formula is C30H46N4O7S2. The summed E-state index contributed by atoms with van der Waals surface area (Å²) in [5, 5.41) is 14.7. The number of sulfonamides is 1. The number of carbonyl (C=O) groups excluding carboxylic acids is 2. The van der Waals surface area contributed by atoms with Crippen LogP contribution in [0.4, 0.5) is 10.5 Å². The lowest BCUT2D eigenvalue weighted by Gasteiger charge is -2.36. The van der Waals surface area contributed by atoms with Crippen LogP contribution >= 0.6 is 11.3 Å². The predicted molar refractivity (Wildman–Crippen MR) is 168 cm³/mol. The van der Waals surface area contributed by atoms with Crippen molar-refractivity contribution in [2.24, 2.45) is 5.92 Å². The van der Waals surface area contributed by atoms with Gasteiger partial charge in [-0.1, -0.05) is 13.0 Å². The van der Waals surface area contributed by atoms with E-state index in [0.717, 1.165) is 30.6 Å². The molecule has 11 nitrogen and oxygen atoms in total. The SMILES string of the molecule is CC(C)NC(=O)N(C)C[C@@H]1OCCCC[C@H](C)Oc2ccc(NS(=O)(=O)c3cccs3)cc2C(=O)N([C@@H](C)CO)C[C@@H]1C. The number of likely N-dealkylation sites (N-methyl/N-ethyl adjacent to an activating group) is 1. The minimum Gasteiger partial charge on any atom is -0.490 e. The van der Waals surface area contributed by atoms with Crippen molar-refractivity contribution in [1.29, 1.82) is 0 Å². The topological polar surface area (TPSA) is 138 Å². The summed E-state index contributed by atoms with van der Waals surface area (Å²) in [7, 11) is -2.13. The van der Waals surface area contributed by atoms with Crippen LogP contribution in [-0.4, -0.2) is 92.9 Å². The smallest absolute Gasteiger partial charge is 0.317 e. The van der Waals surface area contributed by atoms with Gasteiger partial charge >= 0.3 is 6.03 Å². The Bertz CT molecular complexity index is 1300. The molecule has 2 aromatic rings.